The van der Waals surface area contributed by atoms with Gasteiger partial charge in [-0.15, -0.1) is 0 Å². The van der Waals surface area contributed by atoms with Gasteiger partial charge in [0.15, 0.2) is 0 Å². The maximum absolute atomic E-state index is 4.56. The van der Waals surface area contributed by atoms with E-state index in [1.165, 1.54) is 21.4 Å². The van der Waals surface area contributed by atoms with Gasteiger partial charge in [-0.05, 0) is 30.2 Å². The summed E-state index contributed by atoms with van der Waals surface area (Å²) in [5.74, 6) is 0. The molecule has 0 fully saturated rings. The van der Waals surface area contributed by atoms with Gasteiger partial charge in [-0.3, -0.25) is 4.90 Å². The average Bonchev–Trinajstić information content (AvgIpc) is 2.83. The lowest BCUT2D eigenvalue weighted by molar-refractivity contribution is 0.438. The number of nitrogens with zero attached hydrogens (tertiary/aromatic N) is 2. The van der Waals surface area contributed by atoms with E-state index in [1.54, 1.807) is 11.5 Å². The minimum absolute atomic E-state index is 1.02. The number of fused-ring (bicyclic) bond motifs is 1. The molecule has 15 heavy (non-hydrogen) atoms. The van der Waals surface area contributed by atoms with Gasteiger partial charge in [0, 0.05) is 18.5 Å². The number of hydrogen-bond donors (Lipinski definition) is 0. The molecule has 0 bridgehead atoms. The van der Waals surface area contributed by atoms with Crippen LogP contribution in [-0.4, -0.2) is 29.4 Å². The monoisotopic (exact) mass is 216 g/mol. The van der Waals surface area contributed by atoms with Crippen LogP contribution < -0.4 is 0 Å². The van der Waals surface area contributed by atoms with Gasteiger partial charge in [-0.1, -0.05) is 24.3 Å². The summed E-state index contributed by atoms with van der Waals surface area (Å²) in [5.41, 5.74) is 2.55. The molecule has 0 amide bonds. The summed E-state index contributed by atoms with van der Waals surface area (Å²) >= 11 is 1.59. The van der Waals surface area contributed by atoms with Gasteiger partial charge in [0.1, 0.15) is 0 Å². The third-order valence-corrected chi connectivity index (χ3v) is 3.60. The molecule has 3 rings (SSSR count). The Balaban J connectivity index is 2.12. The summed E-state index contributed by atoms with van der Waals surface area (Å²) in [5, 5.41) is 1.30. The van der Waals surface area contributed by atoms with E-state index in [4.69, 9.17) is 0 Å². The van der Waals surface area contributed by atoms with Crippen LogP contribution in [0, 0.1) is 0 Å². The fourth-order valence-corrected chi connectivity index (χ4v) is 2.78. The first-order chi connectivity index (χ1) is 7.34. The topological polar surface area (TPSA) is 16.1 Å². The van der Waals surface area contributed by atoms with Crippen molar-refractivity contribution < 1.29 is 0 Å². The fourth-order valence-electron chi connectivity index (χ4n) is 1.97. The largest absolute Gasteiger partial charge is 0.298 e. The van der Waals surface area contributed by atoms with E-state index in [0.29, 0.717) is 0 Å². The van der Waals surface area contributed by atoms with Crippen molar-refractivity contribution >= 4 is 27.2 Å². The number of likely N-dealkylation sites (N-methyl/N-ethyl adjacent to an activating group) is 1. The van der Waals surface area contributed by atoms with Crippen LogP contribution in [0.4, 0.5) is 0 Å². The predicted molar refractivity (Wildman–Crippen MR) is 65.1 cm³/mol. The minimum atomic E-state index is 1.02. The molecule has 1 aliphatic heterocycles. The predicted octanol–water partition coefficient (Wildman–Crippen LogP) is 2.63. The highest BCUT2D eigenvalue weighted by molar-refractivity contribution is 7.13. The minimum Gasteiger partial charge on any atom is -0.298 e. The lowest BCUT2D eigenvalue weighted by atomic mass is 10.1. The fraction of sp³-hybridized carbons (Fsp3) is 0.250. The summed E-state index contributed by atoms with van der Waals surface area (Å²) in [6.07, 6.45) is 2.28. The first kappa shape index (κ1) is 9.07. The van der Waals surface area contributed by atoms with E-state index < -0.39 is 0 Å². The maximum Gasteiger partial charge on any atom is 0.0889 e. The quantitative estimate of drug-likeness (QED) is 0.728. The normalized spacial score (nSPS) is 17.3. The van der Waals surface area contributed by atoms with Gasteiger partial charge < -0.3 is 0 Å². The summed E-state index contributed by atoms with van der Waals surface area (Å²) in [6.45, 7) is 2.06. The van der Waals surface area contributed by atoms with Crippen LogP contribution in [0.5, 0.6) is 0 Å². The third kappa shape index (κ3) is 1.48. The van der Waals surface area contributed by atoms with Crippen molar-refractivity contribution in [3.63, 3.8) is 0 Å². The van der Waals surface area contributed by atoms with Crippen LogP contribution in [0.2, 0.25) is 0 Å². The standard InChI is InChI=1S/C12H12N2S/c1-14-7-6-9(8-14)12-10-4-2-3-5-11(10)15-13-12/h2-6H,7-8H2,1H3. The summed E-state index contributed by atoms with van der Waals surface area (Å²) in [6, 6.07) is 8.45. The highest BCUT2D eigenvalue weighted by atomic mass is 32.1. The summed E-state index contributed by atoms with van der Waals surface area (Å²) in [7, 11) is 2.14. The molecule has 0 radical (unpaired) electrons. The van der Waals surface area contributed by atoms with E-state index in [9.17, 15) is 0 Å². The second-order valence-corrected chi connectivity index (χ2v) is 4.76. The van der Waals surface area contributed by atoms with Crippen LogP contribution in [0.3, 0.4) is 0 Å². The van der Waals surface area contributed by atoms with Gasteiger partial charge in [-0.25, -0.2) is 0 Å². The van der Waals surface area contributed by atoms with E-state index in [1.807, 2.05) is 0 Å². The molecule has 0 aliphatic carbocycles. The van der Waals surface area contributed by atoms with Gasteiger partial charge in [0.2, 0.25) is 0 Å². The Bertz CT molecular complexity index is 527. The van der Waals surface area contributed by atoms with Gasteiger partial charge >= 0.3 is 0 Å². The molecule has 0 saturated carbocycles. The Morgan fingerprint density at radius 3 is 3.00 bits per heavy atom. The molecule has 0 atom stereocenters. The first-order valence-electron chi connectivity index (χ1n) is 5.07. The van der Waals surface area contributed by atoms with Crippen LogP contribution in [0.15, 0.2) is 30.3 Å². The molecule has 0 spiro atoms. The van der Waals surface area contributed by atoms with E-state index in [2.05, 4.69) is 46.7 Å². The molecule has 2 nitrogen and oxygen atoms in total. The Kier molecular flexibility index (Phi) is 2.08. The average molecular weight is 216 g/mol. The number of benzene rings is 1. The molecule has 1 aromatic heterocycles. The van der Waals surface area contributed by atoms with Crippen LogP contribution in [-0.2, 0) is 0 Å². The smallest absolute Gasteiger partial charge is 0.0889 e. The van der Waals surface area contributed by atoms with Gasteiger partial charge in [0.05, 0.1) is 10.4 Å². The van der Waals surface area contributed by atoms with Crippen LogP contribution in [0.25, 0.3) is 15.7 Å². The number of aromatic nitrogens is 1. The molecule has 1 aliphatic rings. The summed E-state index contributed by atoms with van der Waals surface area (Å²) < 4.78 is 5.84. The van der Waals surface area contributed by atoms with Gasteiger partial charge in [0.25, 0.3) is 0 Å². The zero-order valence-electron chi connectivity index (χ0n) is 8.60. The third-order valence-electron chi connectivity index (χ3n) is 2.77. The van der Waals surface area contributed by atoms with Crippen molar-refractivity contribution in [2.45, 2.75) is 0 Å². The molecular weight excluding hydrogens is 204 g/mol. The van der Waals surface area contributed by atoms with Crippen molar-refractivity contribution in [3.05, 3.63) is 36.0 Å². The molecule has 0 unspecified atom stereocenters. The maximum atomic E-state index is 4.56. The number of hydrogen-bond acceptors (Lipinski definition) is 3. The lowest BCUT2D eigenvalue weighted by Gasteiger charge is -2.06. The second-order valence-electron chi connectivity index (χ2n) is 3.95. The Morgan fingerprint density at radius 1 is 1.33 bits per heavy atom. The Morgan fingerprint density at radius 2 is 2.20 bits per heavy atom. The molecule has 0 N–H and O–H groups in total. The first-order valence-corrected chi connectivity index (χ1v) is 5.84. The zero-order chi connectivity index (χ0) is 10.3. The second kappa shape index (κ2) is 3.43. The highest BCUT2D eigenvalue weighted by Gasteiger charge is 2.16. The molecular formula is C12H12N2S. The number of rotatable bonds is 1. The van der Waals surface area contributed by atoms with E-state index in [0.717, 1.165) is 13.1 Å². The van der Waals surface area contributed by atoms with Crippen molar-refractivity contribution in [1.82, 2.24) is 9.27 Å². The molecule has 2 aromatic rings. The summed E-state index contributed by atoms with van der Waals surface area (Å²) in [4.78, 5) is 2.30. The van der Waals surface area contributed by atoms with Crippen molar-refractivity contribution in [2.24, 2.45) is 0 Å². The Hall–Kier alpha value is -1.19. The molecule has 76 valence electrons. The van der Waals surface area contributed by atoms with Crippen LogP contribution >= 0.6 is 11.5 Å². The van der Waals surface area contributed by atoms with Crippen LogP contribution in [0.1, 0.15) is 5.69 Å². The SMILES string of the molecule is CN1CC=C(c2nsc3ccccc23)C1. The molecule has 1 aromatic carbocycles. The van der Waals surface area contributed by atoms with Crippen molar-refractivity contribution in [2.75, 3.05) is 20.1 Å². The van der Waals surface area contributed by atoms with Crippen molar-refractivity contribution in [3.8, 4) is 0 Å². The van der Waals surface area contributed by atoms with E-state index >= 15 is 0 Å². The molecule has 2 heterocycles. The lowest BCUT2D eigenvalue weighted by Crippen LogP contribution is -2.13. The molecule has 3 heteroatoms. The van der Waals surface area contributed by atoms with E-state index in [-0.39, 0.29) is 0 Å². The molecule has 0 saturated heterocycles. The highest BCUT2D eigenvalue weighted by Crippen LogP contribution is 2.29. The zero-order valence-corrected chi connectivity index (χ0v) is 9.42. The Labute approximate surface area is 93.0 Å². The van der Waals surface area contributed by atoms with Gasteiger partial charge in [-0.2, -0.15) is 4.37 Å². The van der Waals surface area contributed by atoms with Crippen molar-refractivity contribution in [1.29, 1.82) is 0 Å².